The van der Waals surface area contributed by atoms with E-state index in [4.69, 9.17) is 4.74 Å². The van der Waals surface area contributed by atoms with Gasteiger partial charge in [0.05, 0.1) is 4.47 Å². The van der Waals surface area contributed by atoms with E-state index in [1.807, 2.05) is 6.92 Å². The molecule has 0 bridgehead atoms. The van der Waals surface area contributed by atoms with Crippen LogP contribution in [0.25, 0.3) is 0 Å². The predicted molar refractivity (Wildman–Crippen MR) is 58.1 cm³/mol. The Morgan fingerprint density at radius 3 is 2.93 bits per heavy atom. The molecule has 0 radical (unpaired) electrons. The highest BCUT2D eigenvalue weighted by Gasteiger charge is 2.01. The molecule has 78 valence electrons. The van der Waals surface area contributed by atoms with Gasteiger partial charge in [0, 0.05) is 6.54 Å². The molecule has 1 rings (SSSR count). The van der Waals surface area contributed by atoms with Crippen molar-refractivity contribution in [3.8, 4) is 5.75 Å². The first-order chi connectivity index (χ1) is 6.74. The lowest BCUT2D eigenvalue weighted by molar-refractivity contribution is 0.313. The monoisotopic (exact) mass is 261 g/mol. The lowest BCUT2D eigenvalue weighted by Gasteiger charge is -2.07. The number of rotatable bonds is 5. The number of benzene rings is 1. The van der Waals surface area contributed by atoms with Gasteiger partial charge in [0.2, 0.25) is 0 Å². The third-order valence-electron chi connectivity index (χ3n) is 1.68. The van der Waals surface area contributed by atoms with Crippen LogP contribution in [-0.2, 0) is 0 Å². The van der Waals surface area contributed by atoms with Crippen molar-refractivity contribution < 1.29 is 9.13 Å². The van der Waals surface area contributed by atoms with Crippen molar-refractivity contribution in [2.45, 2.75) is 6.92 Å². The van der Waals surface area contributed by atoms with Crippen LogP contribution in [0.2, 0.25) is 0 Å². The van der Waals surface area contributed by atoms with Crippen LogP contribution >= 0.6 is 15.9 Å². The number of hydrogen-bond donors (Lipinski definition) is 1. The summed E-state index contributed by atoms with van der Waals surface area (Å²) in [6.07, 6.45) is 0. The summed E-state index contributed by atoms with van der Waals surface area (Å²) >= 11 is 3.23. The van der Waals surface area contributed by atoms with Crippen LogP contribution in [0.5, 0.6) is 5.75 Å². The van der Waals surface area contributed by atoms with E-state index in [0.717, 1.165) is 13.1 Å². The third-order valence-corrected chi connectivity index (χ3v) is 2.30. The summed E-state index contributed by atoms with van der Waals surface area (Å²) in [6, 6.07) is 4.39. The molecule has 0 aromatic heterocycles. The fourth-order valence-corrected chi connectivity index (χ4v) is 1.47. The van der Waals surface area contributed by atoms with Crippen molar-refractivity contribution in [2.75, 3.05) is 19.7 Å². The van der Waals surface area contributed by atoms with Crippen LogP contribution in [0.3, 0.4) is 0 Å². The lowest BCUT2D eigenvalue weighted by atomic mass is 10.3. The first-order valence-electron chi connectivity index (χ1n) is 4.52. The van der Waals surface area contributed by atoms with Gasteiger partial charge in [-0.3, -0.25) is 0 Å². The number of halogens is 2. The van der Waals surface area contributed by atoms with Crippen LogP contribution in [0, 0.1) is 5.82 Å². The van der Waals surface area contributed by atoms with E-state index < -0.39 is 0 Å². The van der Waals surface area contributed by atoms with Gasteiger partial charge in [0.25, 0.3) is 0 Å². The second-order valence-corrected chi connectivity index (χ2v) is 3.63. The minimum atomic E-state index is -0.268. The summed E-state index contributed by atoms with van der Waals surface area (Å²) in [7, 11) is 0. The standard InChI is InChI=1S/C10H13BrFNO/c1-2-13-5-6-14-10-4-3-8(12)7-9(10)11/h3-4,7,13H,2,5-6H2,1H3. The number of likely N-dealkylation sites (N-methyl/N-ethyl adjacent to an activating group) is 1. The molecule has 0 aliphatic heterocycles. The van der Waals surface area contributed by atoms with Gasteiger partial charge in [0.1, 0.15) is 18.2 Å². The molecular formula is C10H13BrFNO. The molecule has 0 saturated heterocycles. The molecule has 0 amide bonds. The zero-order valence-electron chi connectivity index (χ0n) is 8.02. The molecule has 2 nitrogen and oxygen atoms in total. The molecule has 0 saturated carbocycles. The van der Waals surface area contributed by atoms with Crippen LogP contribution in [0.15, 0.2) is 22.7 Å². The summed E-state index contributed by atoms with van der Waals surface area (Å²) in [5, 5.41) is 3.13. The van der Waals surface area contributed by atoms with Crippen molar-refractivity contribution in [3.63, 3.8) is 0 Å². The van der Waals surface area contributed by atoms with Crippen molar-refractivity contribution in [1.82, 2.24) is 5.32 Å². The van der Waals surface area contributed by atoms with Crippen LogP contribution in [-0.4, -0.2) is 19.7 Å². The van der Waals surface area contributed by atoms with E-state index in [9.17, 15) is 4.39 Å². The minimum Gasteiger partial charge on any atom is -0.491 e. The second kappa shape index (κ2) is 5.98. The van der Waals surface area contributed by atoms with Gasteiger partial charge in [-0.2, -0.15) is 0 Å². The van der Waals surface area contributed by atoms with Crippen molar-refractivity contribution in [1.29, 1.82) is 0 Å². The van der Waals surface area contributed by atoms with E-state index in [2.05, 4.69) is 21.2 Å². The molecule has 0 aliphatic carbocycles. The topological polar surface area (TPSA) is 21.3 Å². The fraction of sp³-hybridized carbons (Fsp3) is 0.400. The average molecular weight is 262 g/mol. The van der Waals surface area contributed by atoms with Gasteiger partial charge in [-0.05, 0) is 40.7 Å². The Morgan fingerprint density at radius 2 is 2.29 bits per heavy atom. The zero-order valence-corrected chi connectivity index (χ0v) is 9.60. The maximum Gasteiger partial charge on any atom is 0.133 e. The van der Waals surface area contributed by atoms with Gasteiger partial charge in [0.15, 0.2) is 0 Å². The Kier molecular flexibility index (Phi) is 4.90. The molecule has 0 heterocycles. The van der Waals surface area contributed by atoms with Crippen molar-refractivity contribution >= 4 is 15.9 Å². The Balaban J connectivity index is 2.42. The van der Waals surface area contributed by atoms with Crippen molar-refractivity contribution in [2.24, 2.45) is 0 Å². The van der Waals surface area contributed by atoms with E-state index in [0.29, 0.717) is 16.8 Å². The van der Waals surface area contributed by atoms with Gasteiger partial charge in [-0.15, -0.1) is 0 Å². The SMILES string of the molecule is CCNCCOc1ccc(F)cc1Br. The fourth-order valence-electron chi connectivity index (χ4n) is 1.00. The molecule has 0 fully saturated rings. The quantitative estimate of drug-likeness (QED) is 0.823. The average Bonchev–Trinajstić information content (AvgIpc) is 2.15. The van der Waals surface area contributed by atoms with E-state index in [1.54, 1.807) is 6.07 Å². The van der Waals surface area contributed by atoms with E-state index in [-0.39, 0.29) is 5.82 Å². The highest BCUT2D eigenvalue weighted by molar-refractivity contribution is 9.10. The third kappa shape index (κ3) is 3.64. The van der Waals surface area contributed by atoms with Crippen LogP contribution in [0.1, 0.15) is 6.92 Å². The molecule has 1 aromatic rings. The molecule has 14 heavy (non-hydrogen) atoms. The molecule has 1 aromatic carbocycles. The summed E-state index contributed by atoms with van der Waals surface area (Å²) in [5.41, 5.74) is 0. The molecule has 0 spiro atoms. The van der Waals surface area contributed by atoms with E-state index >= 15 is 0 Å². The molecular weight excluding hydrogens is 249 g/mol. The Bertz CT molecular complexity index is 293. The minimum absolute atomic E-state index is 0.268. The lowest BCUT2D eigenvalue weighted by Crippen LogP contribution is -2.20. The first-order valence-corrected chi connectivity index (χ1v) is 5.32. The number of ether oxygens (including phenoxy) is 1. The summed E-state index contributed by atoms with van der Waals surface area (Å²) < 4.78 is 18.8. The highest BCUT2D eigenvalue weighted by atomic mass is 79.9. The molecule has 1 N–H and O–H groups in total. The largest absolute Gasteiger partial charge is 0.491 e. The maximum atomic E-state index is 12.7. The smallest absolute Gasteiger partial charge is 0.133 e. The van der Waals surface area contributed by atoms with Crippen molar-refractivity contribution in [3.05, 3.63) is 28.5 Å². The second-order valence-electron chi connectivity index (χ2n) is 2.78. The summed E-state index contributed by atoms with van der Waals surface area (Å²) in [6.45, 7) is 4.33. The summed E-state index contributed by atoms with van der Waals surface area (Å²) in [5.74, 6) is 0.403. The molecule has 0 aliphatic rings. The Morgan fingerprint density at radius 1 is 1.50 bits per heavy atom. The normalized spacial score (nSPS) is 10.2. The summed E-state index contributed by atoms with van der Waals surface area (Å²) in [4.78, 5) is 0. The van der Waals surface area contributed by atoms with Gasteiger partial charge >= 0.3 is 0 Å². The molecule has 4 heteroatoms. The Labute approximate surface area is 91.6 Å². The maximum absolute atomic E-state index is 12.7. The van der Waals surface area contributed by atoms with E-state index in [1.165, 1.54) is 12.1 Å². The molecule has 0 atom stereocenters. The van der Waals surface area contributed by atoms with Gasteiger partial charge < -0.3 is 10.1 Å². The Hall–Kier alpha value is -0.610. The first kappa shape index (κ1) is 11.5. The number of nitrogens with one attached hydrogen (secondary N) is 1. The predicted octanol–water partition coefficient (Wildman–Crippen LogP) is 2.58. The van der Waals surface area contributed by atoms with Gasteiger partial charge in [-0.25, -0.2) is 4.39 Å². The van der Waals surface area contributed by atoms with Crippen LogP contribution in [0.4, 0.5) is 4.39 Å². The zero-order chi connectivity index (χ0) is 10.4. The van der Waals surface area contributed by atoms with Crippen LogP contribution < -0.4 is 10.1 Å². The highest BCUT2D eigenvalue weighted by Crippen LogP contribution is 2.25. The molecule has 0 unspecified atom stereocenters. The van der Waals surface area contributed by atoms with Gasteiger partial charge in [-0.1, -0.05) is 6.92 Å². The number of hydrogen-bond acceptors (Lipinski definition) is 2.